The fourth-order valence-corrected chi connectivity index (χ4v) is 1.70. The summed E-state index contributed by atoms with van der Waals surface area (Å²) in [5, 5.41) is 5.63. The number of methoxy groups -OCH3 is 1. The van der Waals surface area contributed by atoms with Crippen LogP contribution in [-0.2, 0) is 16.1 Å². The largest absolute Gasteiger partial charge is 0.383 e. The van der Waals surface area contributed by atoms with Gasteiger partial charge in [-0.1, -0.05) is 15.9 Å². The predicted octanol–water partition coefficient (Wildman–Crippen LogP) is 1.86. The smallest absolute Gasteiger partial charge is 0.234 e. The first-order valence-electron chi connectivity index (χ1n) is 5.53. The summed E-state index contributed by atoms with van der Waals surface area (Å²) >= 11 is 3.30. The molecule has 1 amide bonds. The molecule has 108 valence electrons. The van der Waals surface area contributed by atoms with Crippen molar-refractivity contribution in [3.8, 4) is 0 Å². The second-order valence-electron chi connectivity index (χ2n) is 3.68. The number of carbonyl (C=O) groups is 1. The number of hydrogen-bond donors (Lipinski definition) is 2. The summed E-state index contributed by atoms with van der Waals surface area (Å²) in [5.41, 5.74) is 0.709. The van der Waals surface area contributed by atoms with Crippen LogP contribution < -0.4 is 10.6 Å². The Balaban J connectivity index is 0.00000324. The van der Waals surface area contributed by atoms with Gasteiger partial charge in [0.1, 0.15) is 5.82 Å². The Morgan fingerprint density at radius 3 is 2.89 bits per heavy atom. The number of hydrogen-bond acceptors (Lipinski definition) is 3. The van der Waals surface area contributed by atoms with Gasteiger partial charge < -0.3 is 15.4 Å². The molecule has 0 aromatic heterocycles. The molecule has 19 heavy (non-hydrogen) atoms. The molecule has 0 aliphatic rings. The third-order valence-electron chi connectivity index (χ3n) is 2.25. The molecule has 0 atom stereocenters. The zero-order valence-electron chi connectivity index (χ0n) is 10.5. The third kappa shape index (κ3) is 7.47. The molecule has 2 N–H and O–H groups in total. The zero-order valence-corrected chi connectivity index (χ0v) is 12.9. The molecule has 0 unspecified atom stereocenters. The molecule has 0 aliphatic heterocycles. The molecule has 0 saturated carbocycles. The summed E-state index contributed by atoms with van der Waals surface area (Å²) in [5.74, 6) is -0.456. The van der Waals surface area contributed by atoms with E-state index in [2.05, 4.69) is 26.6 Å². The maximum absolute atomic E-state index is 13.0. The minimum absolute atomic E-state index is 0. The molecule has 7 heteroatoms. The van der Waals surface area contributed by atoms with Gasteiger partial charge >= 0.3 is 0 Å². The summed E-state index contributed by atoms with van der Waals surface area (Å²) in [4.78, 5) is 11.5. The lowest BCUT2D eigenvalue weighted by Gasteiger charge is -2.08. The summed E-state index contributed by atoms with van der Waals surface area (Å²) < 4.78 is 18.6. The van der Waals surface area contributed by atoms with E-state index >= 15 is 0 Å². The van der Waals surface area contributed by atoms with Crippen LogP contribution in [0.2, 0.25) is 0 Å². The molecule has 1 aromatic carbocycles. The van der Waals surface area contributed by atoms with E-state index in [1.807, 2.05) is 0 Å². The van der Waals surface area contributed by atoms with E-state index < -0.39 is 0 Å². The van der Waals surface area contributed by atoms with Crippen LogP contribution in [-0.4, -0.2) is 32.7 Å². The average Bonchev–Trinajstić information content (AvgIpc) is 2.36. The molecular formula is C12H17BrClFN2O2. The van der Waals surface area contributed by atoms with Crippen LogP contribution in [0.3, 0.4) is 0 Å². The van der Waals surface area contributed by atoms with Crippen molar-refractivity contribution in [3.63, 3.8) is 0 Å². The number of ether oxygens (including phenoxy) is 1. The molecule has 0 bridgehead atoms. The number of nitrogens with one attached hydrogen (secondary N) is 2. The lowest BCUT2D eigenvalue weighted by Crippen LogP contribution is -2.34. The first-order valence-corrected chi connectivity index (χ1v) is 6.33. The monoisotopic (exact) mass is 354 g/mol. The Hall–Kier alpha value is -0.690. The Labute approximate surface area is 126 Å². The fourth-order valence-electron chi connectivity index (χ4n) is 1.31. The van der Waals surface area contributed by atoms with E-state index in [0.717, 1.165) is 4.47 Å². The Morgan fingerprint density at radius 2 is 2.21 bits per heavy atom. The first kappa shape index (κ1) is 18.3. The van der Waals surface area contributed by atoms with E-state index in [-0.39, 0.29) is 30.7 Å². The summed E-state index contributed by atoms with van der Waals surface area (Å²) in [7, 11) is 1.60. The Kier molecular flexibility index (Phi) is 9.77. The highest BCUT2D eigenvalue weighted by molar-refractivity contribution is 9.10. The van der Waals surface area contributed by atoms with Crippen molar-refractivity contribution in [2.45, 2.75) is 6.54 Å². The molecule has 0 heterocycles. The van der Waals surface area contributed by atoms with Gasteiger partial charge in [0, 0.05) is 24.7 Å². The lowest BCUT2D eigenvalue weighted by molar-refractivity contribution is -0.120. The van der Waals surface area contributed by atoms with Crippen LogP contribution in [0.15, 0.2) is 22.7 Å². The van der Waals surface area contributed by atoms with Crippen LogP contribution in [0.4, 0.5) is 4.39 Å². The SMILES string of the molecule is COCCNCC(=O)NCc1cc(F)ccc1Br.Cl. The quantitative estimate of drug-likeness (QED) is 0.734. The highest BCUT2D eigenvalue weighted by Crippen LogP contribution is 2.17. The van der Waals surface area contributed by atoms with Crippen LogP contribution in [0.5, 0.6) is 0 Å². The van der Waals surface area contributed by atoms with Gasteiger partial charge in [-0.15, -0.1) is 12.4 Å². The van der Waals surface area contributed by atoms with Crippen molar-refractivity contribution in [1.29, 1.82) is 0 Å². The molecule has 0 saturated heterocycles. The molecule has 0 fully saturated rings. The van der Waals surface area contributed by atoms with Crippen molar-refractivity contribution >= 4 is 34.2 Å². The topological polar surface area (TPSA) is 50.4 Å². The maximum atomic E-state index is 13.0. The van der Waals surface area contributed by atoms with Gasteiger partial charge in [-0.2, -0.15) is 0 Å². The second kappa shape index (κ2) is 10.1. The van der Waals surface area contributed by atoms with Gasteiger partial charge in [0.25, 0.3) is 0 Å². The number of rotatable bonds is 7. The fraction of sp³-hybridized carbons (Fsp3) is 0.417. The second-order valence-corrected chi connectivity index (χ2v) is 4.54. The molecule has 4 nitrogen and oxygen atoms in total. The Morgan fingerprint density at radius 1 is 1.47 bits per heavy atom. The van der Waals surface area contributed by atoms with Gasteiger partial charge in [0.05, 0.1) is 13.2 Å². The summed E-state index contributed by atoms with van der Waals surface area (Å²) in [6, 6.07) is 4.37. The minimum Gasteiger partial charge on any atom is -0.383 e. The number of benzene rings is 1. The van der Waals surface area contributed by atoms with E-state index in [1.165, 1.54) is 12.1 Å². The maximum Gasteiger partial charge on any atom is 0.234 e. The van der Waals surface area contributed by atoms with Gasteiger partial charge in [0.2, 0.25) is 5.91 Å². The van der Waals surface area contributed by atoms with Gasteiger partial charge in [0.15, 0.2) is 0 Å². The molecule has 0 spiro atoms. The van der Waals surface area contributed by atoms with E-state index in [4.69, 9.17) is 4.74 Å². The number of carbonyl (C=O) groups excluding carboxylic acids is 1. The highest BCUT2D eigenvalue weighted by atomic mass is 79.9. The normalized spacial score (nSPS) is 9.84. The van der Waals surface area contributed by atoms with Gasteiger partial charge in [-0.05, 0) is 23.8 Å². The Bertz CT molecular complexity index is 407. The minimum atomic E-state index is -0.319. The van der Waals surface area contributed by atoms with E-state index in [9.17, 15) is 9.18 Å². The predicted molar refractivity (Wildman–Crippen MR) is 77.9 cm³/mol. The molecule has 0 radical (unpaired) electrons. The zero-order chi connectivity index (χ0) is 13.4. The molecule has 1 rings (SSSR count). The summed E-state index contributed by atoms with van der Waals surface area (Å²) in [6.45, 7) is 1.69. The van der Waals surface area contributed by atoms with Gasteiger partial charge in [-0.25, -0.2) is 4.39 Å². The van der Waals surface area contributed by atoms with Crippen LogP contribution in [0, 0.1) is 5.82 Å². The van der Waals surface area contributed by atoms with Crippen LogP contribution in [0.25, 0.3) is 0 Å². The number of halogens is 3. The van der Waals surface area contributed by atoms with Crippen molar-refractivity contribution < 1.29 is 13.9 Å². The third-order valence-corrected chi connectivity index (χ3v) is 3.03. The molecule has 1 aromatic rings. The highest BCUT2D eigenvalue weighted by Gasteiger charge is 2.04. The van der Waals surface area contributed by atoms with Crippen molar-refractivity contribution in [2.75, 3.05) is 26.8 Å². The molecule has 0 aliphatic carbocycles. The van der Waals surface area contributed by atoms with Crippen LogP contribution >= 0.6 is 28.3 Å². The van der Waals surface area contributed by atoms with Crippen molar-refractivity contribution in [3.05, 3.63) is 34.1 Å². The van der Waals surface area contributed by atoms with Gasteiger partial charge in [-0.3, -0.25) is 4.79 Å². The van der Waals surface area contributed by atoms with E-state index in [1.54, 1.807) is 13.2 Å². The lowest BCUT2D eigenvalue weighted by atomic mass is 10.2. The summed E-state index contributed by atoms with van der Waals surface area (Å²) in [6.07, 6.45) is 0. The standard InChI is InChI=1S/C12H16BrFN2O2.ClH/c1-18-5-4-15-8-12(17)16-7-9-6-10(14)2-3-11(9)13;/h2-3,6,15H,4-5,7-8H2,1H3,(H,16,17);1H. The van der Waals surface area contributed by atoms with Crippen molar-refractivity contribution in [1.82, 2.24) is 10.6 Å². The van der Waals surface area contributed by atoms with Crippen LogP contribution in [0.1, 0.15) is 5.56 Å². The van der Waals surface area contributed by atoms with E-state index in [0.29, 0.717) is 25.3 Å². The van der Waals surface area contributed by atoms with Crippen molar-refractivity contribution in [2.24, 2.45) is 0 Å². The average molecular weight is 356 g/mol. The first-order chi connectivity index (χ1) is 8.63. The number of amides is 1. The molecular weight excluding hydrogens is 338 g/mol.